The molecule has 1 amide bonds. The summed E-state index contributed by atoms with van der Waals surface area (Å²) in [5, 5.41) is 25.9. The number of phenols is 1. The van der Waals surface area contributed by atoms with Gasteiger partial charge in [-0.1, -0.05) is 21.1 Å². The first-order valence-electron chi connectivity index (χ1n) is 10.8. The number of primary amides is 1. The number of fused-ring (bicyclic) bond motifs is 3. The molecular formula is C23H24BrN3O8. The van der Waals surface area contributed by atoms with Crippen molar-refractivity contribution in [3.63, 3.8) is 0 Å². The predicted octanol–water partition coefficient (Wildman–Crippen LogP) is -0.390. The first kappa shape index (κ1) is 25.1. The van der Waals surface area contributed by atoms with Crippen molar-refractivity contribution in [3.8, 4) is 5.75 Å². The SMILES string of the molecule is CO/N=C\c1cc(Br)c2c(c1O)C(=O)C1C(=O)[C@]3(O)C(=O)C(C(N)=O)C(=O)[C@@H](N(C)C)[C@@H]3C[C@@H]1C2. The summed E-state index contributed by atoms with van der Waals surface area (Å²) in [6, 6.07) is 0.417. The second kappa shape index (κ2) is 8.61. The van der Waals surface area contributed by atoms with Crippen LogP contribution in [0.5, 0.6) is 5.75 Å². The summed E-state index contributed by atoms with van der Waals surface area (Å²) < 4.78 is 0.497. The molecule has 0 radical (unpaired) electrons. The fraction of sp³-hybridized carbons (Fsp3) is 0.478. The second-order valence-corrected chi connectivity index (χ2v) is 10.2. The molecule has 35 heavy (non-hydrogen) atoms. The normalized spacial score (nSPS) is 32.5. The van der Waals surface area contributed by atoms with Gasteiger partial charge in [-0.3, -0.25) is 28.9 Å². The van der Waals surface area contributed by atoms with Crippen LogP contribution in [0.1, 0.15) is 27.9 Å². The number of carbonyl (C=O) groups is 5. The molecule has 4 N–H and O–H groups in total. The van der Waals surface area contributed by atoms with Gasteiger partial charge in [-0.2, -0.15) is 0 Å². The van der Waals surface area contributed by atoms with Gasteiger partial charge in [0.15, 0.2) is 34.7 Å². The van der Waals surface area contributed by atoms with E-state index in [0.717, 1.165) is 0 Å². The first-order valence-corrected chi connectivity index (χ1v) is 11.6. The van der Waals surface area contributed by atoms with Gasteiger partial charge in [-0.25, -0.2) is 0 Å². The van der Waals surface area contributed by atoms with Crippen LogP contribution in [0.25, 0.3) is 0 Å². The third kappa shape index (κ3) is 3.46. The van der Waals surface area contributed by atoms with Crippen LogP contribution in [0.2, 0.25) is 0 Å². The van der Waals surface area contributed by atoms with Crippen molar-refractivity contribution >= 4 is 51.2 Å². The number of Topliss-reactive ketones (excluding diaryl/α,β-unsaturated/α-hetero) is 4. The molecule has 2 unspecified atom stereocenters. The molecule has 1 aromatic carbocycles. The van der Waals surface area contributed by atoms with Gasteiger partial charge in [0, 0.05) is 16.0 Å². The van der Waals surface area contributed by atoms with E-state index in [1.54, 1.807) is 6.07 Å². The van der Waals surface area contributed by atoms with E-state index in [1.807, 2.05) is 0 Å². The Morgan fingerprint density at radius 2 is 1.94 bits per heavy atom. The molecular weight excluding hydrogens is 526 g/mol. The lowest BCUT2D eigenvalue weighted by Gasteiger charge is -2.52. The Hall–Kier alpha value is -2.96. The maximum absolute atomic E-state index is 13.7. The number of phenolic OH excluding ortho intramolecular Hbond substituents is 1. The molecule has 0 bridgehead atoms. The standard InChI is InChI=1S/C23H24BrN3O8/c1-27(2)16-11-5-8-4-10-12(24)6-9(7-26-35-3)17(28)14(10)18(29)13(8)20(31)23(11,34)21(32)15(19(16)30)22(25)33/h6-8,11,13,15-16,28,34H,4-5H2,1-3H3,(H2,25,33)/b26-7-/t8-,11-,13?,15?,16-,23-/m0/s1. The highest BCUT2D eigenvalue weighted by Gasteiger charge is 2.69. The molecule has 0 aliphatic heterocycles. The number of nitrogens with two attached hydrogens (primary N) is 1. The molecule has 3 aliphatic rings. The minimum Gasteiger partial charge on any atom is -0.506 e. The van der Waals surface area contributed by atoms with Crippen molar-refractivity contribution in [1.82, 2.24) is 4.90 Å². The summed E-state index contributed by atoms with van der Waals surface area (Å²) in [6.07, 6.45) is 1.35. The fourth-order valence-electron chi connectivity index (χ4n) is 5.85. The van der Waals surface area contributed by atoms with Crippen molar-refractivity contribution in [1.29, 1.82) is 0 Å². The third-order valence-corrected chi connectivity index (χ3v) is 8.04. The van der Waals surface area contributed by atoms with Crippen LogP contribution >= 0.6 is 15.9 Å². The summed E-state index contributed by atoms with van der Waals surface area (Å²) in [5.41, 5.74) is 3.05. The number of aromatic hydroxyl groups is 1. The molecule has 0 aromatic heterocycles. The summed E-state index contributed by atoms with van der Waals surface area (Å²) in [6.45, 7) is 0. The van der Waals surface area contributed by atoms with Crippen LogP contribution in [0.3, 0.4) is 0 Å². The number of rotatable bonds is 4. The van der Waals surface area contributed by atoms with Crippen LogP contribution in [0.15, 0.2) is 15.7 Å². The molecule has 4 rings (SSSR count). The van der Waals surface area contributed by atoms with Gasteiger partial charge < -0.3 is 20.8 Å². The van der Waals surface area contributed by atoms with Crippen molar-refractivity contribution in [3.05, 3.63) is 27.2 Å². The zero-order chi connectivity index (χ0) is 26.0. The van der Waals surface area contributed by atoms with E-state index in [2.05, 4.69) is 25.9 Å². The van der Waals surface area contributed by atoms with E-state index in [4.69, 9.17) is 5.73 Å². The Balaban J connectivity index is 1.87. The smallest absolute Gasteiger partial charge is 0.235 e. The molecule has 2 saturated carbocycles. The number of oxime groups is 1. The van der Waals surface area contributed by atoms with Gasteiger partial charge in [0.05, 0.1) is 23.7 Å². The van der Waals surface area contributed by atoms with Crippen LogP contribution in [-0.2, 0) is 30.4 Å². The molecule has 0 spiro atoms. The van der Waals surface area contributed by atoms with E-state index in [1.165, 1.54) is 32.3 Å². The number of halogens is 1. The topological polar surface area (TPSA) is 177 Å². The Bertz CT molecular complexity index is 1210. The Morgan fingerprint density at radius 3 is 2.51 bits per heavy atom. The predicted molar refractivity (Wildman–Crippen MR) is 124 cm³/mol. The van der Waals surface area contributed by atoms with E-state index < -0.39 is 70.1 Å². The highest BCUT2D eigenvalue weighted by atomic mass is 79.9. The van der Waals surface area contributed by atoms with Crippen molar-refractivity contribution in [2.24, 2.45) is 34.6 Å². The summed E-state index contributed by atoms with van der Waals surface area (Å²) in [7, 11) is 4.37. The second-order valence-electron chi connectivity index (χ2n) is 9.36. The number of amides is 1. The van der Waals surface area contributed by atoms with E-state index in [-0.39, 0.29) is 24.0 Å². The van der Waals surface area contributed by atoms with E-state index in [9.17, 15) is 34.2 Å². The van der Waals surface area contributed by atoms with Gasteiger partial charge in [0.25, 0.3) is 0 Å². The Labute approximate surface area is 208 Å². The maximum atomic E-state index is 13.7. The highest BCUT2D eigenvalue weighted by molar-refractivity contribution is 9.10. The summed E-state index contributed by atoms with van der Waals surface area (Å²) in [4.78, 5) is 71.7. The molecule has 11 nitrogen and oxygen atoms in total. The zero-order valence-electron chi connectivity index (χ0n) is 19.1. The molecule has 1 aromatic rings. The average Bonchev–Trinajstić information content (AvgIpc) is 2.77. The number of carbonyl (C=O) groups excluding carboxylic acids is 5. The van der Waals surface area contributed by atoms with Gasteiger partial charge in [0.1, 0.15) is 12.9 Å². The number of aliphatic hydroxyl groups is 1. The minimum atomic E-state index is -2.75. The van der Waals surface area contributed by atoms with Crippen molar-refractivity contribution < 1.29 is 39.0 Å². The Morgan fingerprint density at radius 1 is 1.29 bits per heavy atom. The number of hydrogen-bond acceptors (Lipinski definition) is 10. The maximum Gasteiger partial charge on any atom is 0.235 e. The number of benzene rings is 1. The minimum absolute atomic E-state index is 0.00994. The lowest BCUT2D eigenvalue weighted by atomic mass is 9.52. The molecule has 0 saturated heterocycles. The number of hydrogen-bond donors (Lipinski definition) is 3. The molecule has 12 heteroatoms. The largest absolute Gasteiger partial charge is 0.506 e. The summed E-state index contributed by atoms with van der Waals surface area (Å²) >= 11 is 3.41. The van der Waals surface area contributed by atoms with Crippen molar-refractivity contribution in [2.75, 3.05) is 21.2 Å². The average molecular weight is 550 g/mol. The lowest BCUT2D eigenvalue weighted by molar-refractivity contribution is -0.181. The fourth-order valence-corrected chi connectivity index (χ4v) is 6.46. The lowest BCUT2D eigenvalue weighted by Crippen LogP contribution is -2.74. The third-order valence-electron chi connectivity index (χ3n) is 7.33. The highest BCUT2D eigenvalue weighted by Crippen LogP contribution is 2.51. The van der Waals surface area contributed by atoms with E-state index in [0.29, 0.717) is 10.0 Å². The van der Waals surface area contributed by atoms with Gasteiger partial charge in [-0.05, 0) is 44.5 Å². The number of nitrogens with zero attached hydrogens (tertiary/aromatic N) is 2. The summed E-state index contributed by atoms with van der Waals surface area (Å²) in [5.74, 6) is -10.9. The molecule has 6 atom stereocenters. The van der Waals surface area contributed by atoms with Crippen LogP contribution in [-0.4, -0.2) is 83.2 Å². The van der Waals surface area contributed by atoms with Crippen LogP contribution in [0, 0.1) is 23.7 Å². The van der Waals surface area contributed by atoms with Gasteiger partial charge >= 0.3 is 0 Å². The van der Waals surface area contributed by atoms with Crippen LogP contribution < -0.4 is 5.73 Å². The molecule has 0 heterocycles. The zero-order valence-corrected chi connectivity index (χ0v) is 20.7. The van der Waals surface area contributed by atoms with Gasteiger partial charge in [0.2, 0.25) is 5.91 Å². The molecule has 186 valence electrons. The number of ketones is 4. The van der Waals surface area contributed by atoms with Crippen LogP contribution in [0.4, 0.5) is 0 Å². The van der Waals surface area contributed by atoms with Gasteiger partial charge in [-0.15, -0.1) is 0 Å². The molecule has 2 fully saturated rings. The first-order chi connectivity index (χ1) is 16.4. The van der Waals surface area contributed by atoms with Crippen molar-refractivity contribution in [2.45, 2.75) is 24.5 Å². The Kier molecular flexibility index (Phi) is 6.18. The molecule has 3 aliphatic carbocycles. The van der Waals surface area contributed by atoms with E-state index >= 15 is 0 Å². The monoisotopic (exact) mass is 549 g/mol. The number of likely N-dealkylation sites (N-methyl/N-ethyl adjacent to an activating group) is 1. The quantitative estimate of drug-likeness (QED) is 0.256.